The fraction of sp³-hybridized carbons (Fsp3) is 0. The van der Waals surface area contributed by atoms with E-state index in [0.717, 1.165) is 0 Å². The molecule has 2 rings (SSSR count). The van der Waals surface area contributed by atoms with Crippen molar-refractivity contribution in [3.63, 3.8) is 0 Å². The van der Waals surface area contributed by atoms with Crippen LogP contribution in [0.3, 0.4) is 0 Å². The summed E-state index contributed by atoms with van der Waals surface area (Å²) >= 11 is 8.45. The molecule has 2 aromatic heterocycles. The van der Waals surface area contributed by atoms with Crippen LogP contribution in [0, 0.1) is 15.1 Å². The fourth-order valence-corrected chi connectivity index (χ4v) is 1.12. The predicted molar refractivity (Wildman–Crippen MR) is 66.7 cm³/mol. The Morgan fingerprint density at radius 1 is 1.18 bits per heavy atom. The smallest absolute Gasteiger partial charge is 0.805 e. The van der Waals surface area contributed by atoms with Crippen molar-refractivity contribution in [1.82, 2.24) is 4.73 Å². The third-order valence-electron chi connectivity index (χ3n) is 1.59. The molecule has 0 aromatic carbocycles. The molecule has 0 aliphatic rings. The number of pyridine rings is 2. The zero-order chi connectivity index (χ0) is 12.0. The summed E-state index contributed by atoms with van der Waals surface area (Å²) in [6.45, 7) is 0. The summed E-state index contributed by atoms with van der Waals surface area (Å²) in [6.07, 6.45) is 2.78. The molecule has 0 saturated carbocycles. The van der Waals surface area contributed by atoms with Crippen molar-refractivity contribution in [2.45, 2.75) is 5.03 Å². The van der Waals surface area contributed by atoms with Crippen molar-refractivity contribution < 1.29 is 34.3 Å². The summed E-state index contributed by atoms with van der Waals surface area (Å²) in [7, 11) is 0. The zero-order valence-corrected chi connectivity index (χ0v) is 12.9. The Labute approximate surface area is 132 Å². The van der Waals surface area contributed by atoms with E-state index in [-0.39, 0.29) is 29.6 Å². The molecule has 0 atom stereocenters. The van der Waals surface area contributed by atoms with Crippen LogP contribution in [0.25, 0.3) is 0 Å². The zero-order valence-electron chi connectivity index (χ0n) is 9.19. The average molecular weight is 276 g/mol. The minimum absolute atomic E-state index is 0. The van der Waals surface area contributed by atoms with Crippen molar-refractivity contribution in [3.05, 3.63) is 63.8 Å². The first-order valence-electron chi connectivity index (χ1n) is 4.33. The maximum Gasteiger partial charge on any atom is 1.00 e. The van der Waals surface area contributed by atoms with E-state index < -0.39 is 0 Å². The van der Waals surface area contributed by atoms with Gasteiger partial charge in [-0.2, -0.15) is 4.73 Å². The Balaban J connectivity index is 0.000000284. The molecule has 0 fully saturated rings. The van der Waals surface area contributed by atoms with Gasteiger partial charge in [0.2, 0.25) is 5.03 Å². The first-order chi connectivity index (χ1) is 7.61. The van der Waals surface area contributed by atoms with E-state index in [1.807, 2.05) is 0 Å². The molecule has 0 amide bonds. The van der Waals surface area contributed by atoms with Crippen LogP contribution in [0.2, 0.25) is 0 Å². The normalized spacial score (nSPS) is 8.53. The Hall–Kier alpha value is -0.530. The molecule has 0 bridgehead atoms. The van der Waals surface area contributed by atoms with Gasteiger partial charge in [0.05, 0.1) is 0 Å². The average Bonchev–Trinajstić information content (AvgIpc) is 2.28. The van der Waals surface area contributed by atoms with E-state index in [1.165, 1.54) is 12.4 Å². The second kappa shape index (κ2) is 8.54. The first kappa shape index (κ1) is 16.5. The topological polar surface area (TPSA) is 54.9 Å². The summed E-state index contributed by atoms with van der Waals surface area (Å²) in [6, 6.07) is 10.0. The predicted octanol–water partition coefficient (Wildman–Crippen LogP) is -0.824. The number of rotatable bonds is 0. The van der Waals surface area contributed by atoms with E-state index in [0.29, 0.717) is 19.1 Å². The van der Waals surface area contributed by atoms with Crippen molar-refractivity contribution in [3.8, 4) is 0 Å². The molecular weight excluding hydrogens is 267 g/mol. The van der Waals surface area contributed by atoms with Crippen molar-refractivity contribution in [2.75, 3.05) is 0 Å². The molecule has 17 heavy (non-hydrogen) atoms. The monoisotopic (exact) mass is 276 g/mol. The van der Waals surface area contributed by atoms with Gasteiger partial charge in [-0.15, -0.1) is 0 Å². The molecule has 0 aliphatic carbocycles. The molecule has 0 radical (unpaired) electrons. The largest absolute Gasteiger partial charge is 1.00 e. The third-order valence-corrected chi connectivity index (χ3v) is 2.25. The molecule has 0 saturated heterocycles. The van der Waals surface area contributed by atoms with Gasteiger partial charge in [-0.3, -0.25) is 0 Å². The number of hydrogen-bond acceptors (Lipinski definition) is 4. The Morgan fingerprint density at radius 3 is 2.18 bits per heavy atom. The molecule has 4 nitrogen and oxygen atoms in total. The molecule has 84 valence electrons. The molecule has 7 heteroatoms. The molecule has 2 heterocycles. The molecule has 0 spiro atoms. The number of thiol groups is 1. The van der Waals surface area contributed by atoms with Crippen LogP contribution in [0.1, 0.15) is 0 Å². The van der Waals surface area contributed by atoms with Gasteiger partial charge in [0.25, 0.3) is 0 Å². The van der Waals surface area contributed by atoms with Crippen LogP contribution in [-0.2, 0) is 0 Å². The van der Waals surface area contributed by atoms with Gasteiger partial charge in [-0.1, -0.05) is 30.9 Å². The SMILES string of the molecule is [Na+].[O-][n+]1ccccc1S.[O-]n1ccccc1=S. The quantitative estimate of drug-likeness (QED) is 0.225. The molecule has 2 aromatic rings. The van der Waals surface area contributed by atoms with E-state index in [9.17, 15) is 10.4 Å². The molecule has 0 aliphatic heterocycles. The van der Waals surface area contributed by atoms with Gasteiger partial charge in [0, 0.05) is 12.1 Å². The van der Waals surface area contributed by atoms with E-state index in [1.54, 1.807) is 36.4 Å². The van der Waals surface area contributed by atoms with Crippen LogP contribution in [0.5, 0.6) is 0 Å². The van der Waals surface area contributed by atoms with Gasteiger partial charge in [-0.05, 0) is 24.4 Å². The minimum Gasteiger partial charge on any atom is -0.805 e. The maximum absolute atomic E-state index is 10.5. The van der Waals surface area contributed by atoms with E-state index in [2.05, 4.69) is 24.8 Å². The van der Waals surface area contributed by atoms with E-state index in [4.69, 9.17) is 0 Å². The summed E-state index contributed by atoms with van der Waals surface area (Å²) in [5, 5.41) is 21.3. The minimum atomic E-state index is 0. The van der Waals surface area contributed by atoms with Crippen molar-refractivity contribution in [2.24, 2.45) is 0 Å². The van der Waals surface area contributed by atoms with E-state index >= 15 is 0 Å². The third kappa shape index (κ3) is 6.09. The van der Waals surface area contributed by atoms with Crippen LogP contribution in [-0.4, -0.2) is 4.73 Å². The van der Waals surface area contributed by atoms with Crippen LogP contribution >= 0.6 is 24.8 Å². The van der Waals surface area contributed by atoms with Crippen molar-refractivity contribution in [1.29, 1.82) is 0 Å². The van der Waals surface area contributed by atoms with Gasteiger partial charge in [-0.25, -0.2) is 0 Å². The number of hydrogen-bond donors (Lipinski definition) is 1. The number of aromatic nitrogens is 2. The second-order valence-corrected chi connectivity index (χ2v) is 3.63. The first-order valence-corrected chi connectivity index (χ1v) is 5.19. The summed E-state index contributed by atoms with van der Waals surface area (Å²) < 4.78 is 1.66. The molecular formula is C10H9N2NaO2S2. The Bertz CT molecular complexity index is 498. The molecule has 0 N–H and O–H groups in total. The summed E-state index contributed by atoms with van der Waals surface area (Å²) in [4.78, 5) is 0. The van der Waals surface area contributed by atoms with Gasteiger partial charge >= 0.3 is 29.6 Å². The fourth-order valence-electron chi connectivity index (χ4n) is 0.832. The van der Waals surface area contributed by atoms with Crippen LogP contribution < -0.4 is 34.3 Å². The molecule has 0 unspecified atom stereocenters. The Kier molecular flexibility index (Phi) is 8.28. The standard InChI is InChI=1S/C5H5NOS.C5H4NOS.Na/c2*7-6-4-2-1-3-5(6)8;/h1-4,8H;1-4H;/q;-1;+1. The van der Waals surface area contributed by atoms with Gasteiger partial charge in [0.15, 0.2) is 6.20 Å². The van der Waals surface area contributed by atoms with Crippen LogP contribution in [0.4, 0.5) is 0 Å². The maximum atomic E-state index is 10.5. The van der Waals surface area contributed by atoms with Gasteiger partial charge in [0.1, 0.15) is 4.64 Å². The summed E-state index contributed by atoms with van der Waals surface area (Å²) in [5.41, 5.74) is 0. The summed E-state index contributed by atoms with van der Waals surface area (Å²) in [5.74, 6) is 0. The van der Waals surface area contributed by atoms with Crippen molar-refractivity contribution >= 4 is 24.8 Å². The number of nitrogens with zero attached hydrogens (tertiary/aromatic N) is 2. The van der Waals surface area contributed by atoms with Crippen LogP contribution in [0.15, 0.2) is 53.8 Å². The second-order valence-electron chi connectivity index (χ2n) is 2.75. The van der Waals surface area contributed by atoms with Gasteiger partial charge < -0.3 is 15.1 Å². The Morgan fingerprint density at radius 2 is 1.82 bits per heavy atom.